The lowest BCUT2D eigenvalue weighted by Gasteiger charge is -2.10. The lowest BCUT2D eigenvalue weighted by molar-refractivity contribution is 0.262. The first-order valence-electron chi connectivity index (χ1n) is 5.71. The van der Waals surface area contributed by atoms with Crippen molar-refractivity contribution in [1.82, 2.24) is 0 Å². The molecule has 0 fully saturated rings. The first-order valence-corrected chi connectivity index (χ1v) is 6.09. The fourth-order valence-corrected chi connectivity index (χ4v) is 1.74. The molecule has 2 aromatic carbocycles. The van der Waals surface area contributed by atoms with E-state index in [2.05, 4.69) is 10.6 Å². The lowest BCUT2D eigenvalue weighted by Crippen LogP contribution is -2.20. The monoisotopic (exact) mass is 286 g/mol. The summed E-state index contributed by atoms with van der Waals surface area (Å²) in [5, 5.41) is 14.4. The average Bonchev–Trinajstić information content (AvgIpc) is 2.43. The molecule has 6 heteroatoms. The van der Waals surface area contributed by atoms with Crippen LogP contribution in [0.3, 0.4) is 0 Å². The Kier molecular flexibility index (Phi) is 4.08. The maximum absolute atomic E-state index is 11.8. The van der Waals surface area contributed by atoms with Crippen molar-refractivity contribution in [2.75, 3.05) is 16.4 Å². The molecule has 5 nitrogen and oxygen atoms in total. The van der Waals surface area contributed by atoms with E-state index in [0.717, 1.165) is 0 Å². The zero-order valence-electron chi connectivity index (χ0n) is 10.4. The van der Waals surface area contributed by atoms with E-state index in [0.29, 0.717) is 27.6 Å². The first kappa shape index (κ1) is 13.7. The summed E-state index contributed by atoms with van der Waals surface area (Å²) in [4.78, 5) is 11.8. The van der Waals surface area contributed by atoms with Crippen LogP contribution >= 0.6 is 11.6 Å². The Balaban J connectivity index is 2.03. The van der Waals surface area contributed by atoms with Crippen LogP contribution in [-0.4, -0.2) is 6.03 Å². The summed E-state index contributed by atoms with van der Waals surface area (Å²) in [5.41, 5.74) is 7.70. The summed E-state index contributed by atoms with van der Waals surface area (Å²) in [6.45, 7) is 0. The number of carbonyl (C=O) groups excluding carboxylic acids is 1. The molecule has 0 bridgehead atoms. The molecule has 0 atom stereocenters. The van der Waals surface area contributed by atoms with Crippen molar-refractivity contribution in [2.24, 2.45) is 0 Å². The van der Waals surface area contributed by atoms with Gasteiger partial charge >= 0.3 is 6.03 Å². The van der Waals surface area contributed by atoms with Gasteiger partial charge in [0.25, 0.3) is 0 Å². The van der Waals surface area contributed by atoms with Crippen LogP contribution < -0.4 is 16.4 Å². The van der Waals surface area contributed by atoms with Crippen molar-refractivity contribution < 1.29 is 4.79 Å². The Morgan fingerprint density at radius 3 is 2.45 bits per heavy atom. The molecule has 2 rings (SSSR count). The maximum atomic E-state index is 11.8. The molecule has 100 valence electrons. The predicted octanol–water partition coefficient (Wildman–Crippen LogP) is 3.44. The van der Waals surface area contributed by atoms with Gasteiger partial charge in [-0.05, 0) is 42.5 Å². The second kappa shape index (κ2) is 5.95. The smallest absolute Gasteiger partial charge is 0.323 e. The van der Waals surface area contributed by atoms with Crippen LogP contribution in [0.15, 0.2) is 42.5 Å². The van der Waals surface area contributed by atoms with Gasteiger partial charge in [0.1, 0.15) is 0 Å². The molecular weight excluding hydrogens is 276 g/mol. The van der Waals surface area contributed by atoms with Gasteiger partial charge in [0.2, 0.25) is 0 Å². The van der Waals surface area contributed by atoms with Gasteiger partial charge < -0.3 is 16.4 Å². The summed E-state index contributed by atoms with van der Waals surface area (Å²) < 4.78 is 0. The van der Waals surface area contributed by atoms with Crippen LogP contribution in [0.2, 0.25) is 5.02 Å². The quantitative estimate of drug-likeness (QED) is 0.739. The number of nitrogens with zero attached hydrogens (tertiary/aromatic N) is 1. The Labute approximate surface area is 121 Å². The van der Waals surface area contributed by atoms with E-state index in [-0.39, 0.29) is 0 Å². The summed E-state index contributed by atoms with van der Waals surface area (Å²) in [5.74, 6) is 0. The van der Waals surface area contributed by atoms with E-state index in [9.17, 15) is 4.79 Å². The lowest BCUT2D eigenvalue weighted by atomic mass is 10.2. The number of nitrogens with one attached hydrogen (secondary N) is 2. The van der Waals surface area contributed by atoms with Gasteiger partial charge in [-0.2, -0.15) is 5.26 Å². The molecule has 0 saturated carbocycles. The maximum Gasteiger partial charge on any atom is 0.323 e. The molecule has 2 aromatic rings. The molecule has 0 spiro atoms. The Hall–Kier alpha value is -2.71. The minimum atomic E-state index is -0.427. The normalized spacial score (nSPS) is 9.60. The van der Waals surface area contributed by atoms with Crippen LogP contribution in [0.4, 0.5) is 21.9 Å². The summed E-state index contributed by atoms with van der Waals surface area (Å²) >= 11 is 5.78. The summed E-state index contributed by atoms with van der Waals surface area (Å²) in [6, 6.07) is 12.9. The van der Waals surface area contributed by atoms with Crippen LogP contribution in [-0.2, 0) is 0 Å². The number of hydrogen-bond acceptors (Lipinski definition) is 3. The van der Waals surface area contributed by atoms with Gasteiger partial charge in [-0.1, -0.05) is 11.6 Å². The highest BCUT2D eigenvalue weighted by Crippen LogP contribution is 2.22. The van der Waals surface area contributed by atoms with Crippen LogP contribution in [0.1, 0.15) is 5.56 Å². The van der Waals surface area contributed by atoms with Crippen molar-refractivity contribution in [3.05, 3.63) is 53.1 Å². The minimum Gasteiger partial charge on any atom is -0.397 e. The molecular formula is C14H11ClN4O. The van der Waals surface area contributed by atoms with Crippen molar-refractivity contribution in [1.29, 1.82) is 5.26 Å². The van der Waals surface area contributed by atoms with E-state index in [1.165, 1.54) is 0 Å². The number of hydrogen-bond donors (Lipinski definition) is 3. The second-order valence-electron chi connectivity index (χ2n) is 4.00. The van der Waals surface area contributed by atoms with E-state index in [4.69, 9.17) is 22.6 Å². The standard InChI is InChI=1S/C14H11ClN4O/c15-10-3-6-13(12(17)7-10)19-14(20)18-11-4-1-9(8-16)2-5-11/h1-7H,17H2,(H2,18,19,20). The zero-order valence-corrected chi connectivity index (χ0v) is 11.1. The Bertz CT molecular complexity index is 677. The number of nitrogens with two attached hydrogens (primary N) is 1. The summed E-state index contributed by atoms with van der Waals surface area (Å²) in [6.07, 6.45) is 0. The van der Waals surface area contributed by atoms with Crippen molar-refractivity contribution in [3.8, 4) is 6.07 Å². The first-order chi connectivity index (χ1) is 9.58. The highest BCUT2D eigenvalue weighted by Gasteiger charge is 2.06. The zero-order chi connectivity index (χ0) is 14.5. The Morgan fingerprint density at radius 1 is 1.15 bits per heavy atom. The number of halogens is 1. The second-order valence-corrected chi connectivity index (χ2v) is 4.44. The highest BCUT2D eigenvalue weighted by molar-refractivity contribution is 6.31. The van der Waals surface area contributed by atoms with Crippen LogP contribution in [0, 0.1) is 11.3 Å². The molecule has 4 N–H and O–H groups in total. The van der Waals surface area contributed by atoms with E-state index in [1.54, 1.807) is 42.5 Å². The van der Waals surface area contributed by atoms with Gasteiger partial charge in [0.15, 0.2) is 0 Å². The molecule has 20 heavy (non-hydrogen) atoms. The number of carbonyl (C=O) groups is 1. The average molecular weight is 287 g/mol. The van der Waals surface area contributed by atoms with E-state index in [1.807, 2.05) is 6.07 Å². The number of nitriles is 1. The fourth-order valence-electron chi connectivity index (χ4n) is 1.56. The molecule has 0 aliphatic carbocycles. The Morgan fingerprint density at radius 2 is 1.85 bits per heavy atom. The molecule has 0 heterocycles. The third-order valence-corrected chi connectivity index (χ3v) is 2.77. The molecule has 2 amide bonds. The third kappa shape index (κ3) is 3.40. The predicted molar refractivity (Wildman–Crippen MR) is 79.7 cm³/mol. The fraction of sp³-hybridized carbons (Fsp3) is 0. The van der Waals surface area contributed by atoms with Crippen molar-refractivity contribution in [2.45, 2.75) is 0 Å². The van der Waals surface area contributed by atoms with Gasteiger partial charge in [0.05, 0.1) is 23.0 Å². The molecule has 0 aliphatic heterocycles. The number of benzene rings is 2. The van der Waals surface area contributed by atoms with Crippen molar-refractivity contribution in [3.63, 3.8) is 0 Å². The van der Waals surface area contributed by atoms with E-state index >= 15 is 0 Å². The SMILES string of the molecule is N#Cc1ccc(NC(=O)Nc2ccc(Cl)cc2N)cc1. The summed E-state index contributed by atoms with van der Waals surface area (Å²) in [7, 11) is 0. The van der Waals surface area contributed by atoms with Crippen molar-refractivity contribution >= 4 is 34.7 Å². The number of amides is 2. The molecule has 0 unspecified atom stereocenters. The number of anilines is 3. The molecule has 0 saturated heterocycles. The topological polar surface area (TPSA) is 90.9 Å². The molecule has 0 radical (unpaired) electrons. The van der Waals surface area contributed by atoms with Gasteiger partial charge in [-0.25, -0.2) is 4.79 Å². The van der Waals surface area contributed by atoms with E-state index < -0.39 is 6.03 Å². The highest BCUT2D eigenvalue weighted by atomic mass is 35.5. The number of urea groups is 1. The molecule has 0 aromatic heterocycles. The minimum absolute atomic E-state index is 0.382. The molecule has 0 aliphatic rings. The largest absolute Gasteiger partial charge is 0.397 e. The third-order valence-electron chi connectivity index (χ3n) is 2.53. The van der Waals surface area contributed by atoms with Crippen LogP contribution in [0.25, 0.3) is 0 Å². The number of rotatable bonds is 2. The van der Waals surface area contributed by atoms with Gasteiger partial charge in [-0.3, -0.25) is 0 Å². The van der Waals surface area contributed by atoms with Gasteiger partial charge in [0, 0.05) is 10.7 Å². The van der Waals surface area contributed by atoms with Crippen LogP contribution in [0.5, 0.6) is 0 Å². The van der Waals surface area contributed by atoms with Gasteiger partial charge in [-0.15, -0.1) is 0 Å². The number of nitrogen functional groups attached to an aromatic ring is 1.